The van der Waals surface area contributed by atoms with Gasteiger partial charge >= 0.3 is 0 Å². The molecule has 2 rings (SSSR count). The van der Waals surface area contributed by atoms with Crippen LogP contribution < -0.4 is 10.5 Å². The fourth-order valence-corrected chi connectivity index (χ4v) is 1.66. The molecule has 0 amide bonds. The van der Waals surface area contributed by atoms with E-state index in [4.69, 9.17) is 15.6 Å². The number of benzene rings is 1. The van der Waals surface area contributed by atoms with Gasteiger partial charge in [-0.2, -0.15) is 0 Å². The highest BCUT2D eigenvalue weighted by molar-refractivity contribution is 5.84. The Kier molecular flexibility index (Phi) is 2.62. The van der Waals surface area contributed by atoms with Crippen LogP contribution >= 0.6 is 0 Å². The van der Waals surface area contributed by atoms with Gasteiger partial charge in [-0.25, -0.2) is 0 Å². The first kappa shape index (κ1) is 10.0. The Balaban J connectivity index is 2.52. The molecule has 0 aliphatic rings. The second kappa shape index (κ2) is 3.92. The highest BCUT2D eigenvalue weighted by atomic mass is 16.5. The number of fused-ring (bicyclic) bond motifs is 1. The summed E-state index contributed by atoms with van der Waals surface area (Å²) in [6.07, 6.45) is 1.82. The van der Waals surface area contributed by atoms with E-state index in [0.717, 1.165) is 22.2 Å². The van der Waals surface area contributed by atoms with Crippen LogP contribution in [0.4, 0.5) is 0 Å². The standard InChI is InChI=1S/C11H14N2O2/c1-15-7-2-3-8-9(10(12)6-14)5-13-11(8)4-7/h2-5,10,13-14H,6,12H2,1H3/t10-/m0/s1. The van der Waals surface area contributed by atoms with Crippen LogP contribution in [0.1, 0.15) is 11.6 Å². The second-order valence-electron chi connectivity index (χ2n) is 3.44. The number of aliphatic hydroxyl groups is 1. The average molecular weight is 206 g/mol. The first-order valence-corrected chi connectivity index (χ1v) is 4.77. The number of H-pyrrole nitrogens is 1. The number of rotatable bonds is 3. The van der Waals surface area contributed by atoms with Crippen LogP contribution in [0.2, 0.25) is 0 Å². The van der Waals surface area contributed by atoms with Gasteiger partial charge in [-0.15, -0.1) is 0 Å². The minimum atomic E-state index is -0.341. The highest BCUT2D eigenvalue weighted by Gasteiger charge is 2.10. The third-order valence-corrected chi connectivity index (χ3v) is 2.52. The Morgan fingerprint density at radius 3 is 3.00 bits per heavy atom. The first-order valence-electron chi connectivity index (χ1n) is 4.77. The SMILES string of the molecule is COc1ccc2c([C@@H](N)CO)c[nH]c2c1. The number of hydrogen-bond acceptors (Lipinski definition) is 3. The molecule has 0 saturated heterocycles. The van der Waals surface area contributed by atoms with Gasteiger partial charge in [0.2, 0.25) is 0 Å². The number of nitrogens with two attached hydrogens (primary N) is 1. The van der Waals surface area contributed by atoms with Crippen molar-refractivity contribution in [3.05, 3.63) is 30.0 Å². The molecule has 4 nitrogen and oxygen atoms in total. The van der Waals surface area contributed by atoms with E-state index >= 15 is 0 Å². The van der Waals surface area contributed by atoms with Crippen LogP contribution in [-0.4, -0.2) is 23.8 Å². The van der Waals surface area contributed by atoms with E-state index in [0.29, 0.717) is 0 Å². The van der Waals surface area contributed by atoms with Gasteiger partial charge in [0.05, 0.1) is 19.8 Å². The summed E-state index contributed by atoms with van der Waals surface area (Å²) < 4.78 is 5.12. The van der Waals surface area contributed by atoms with E-state index in [1.54, 1.807) is 7.11 Å². The van der Waals surface area contributed by atoms with Crippen LogP contribution in [-0.2, 0) is 0 Å². The van der Waals surface area contributed by atoms with Gasteiger partial charge in [0.15, 0.2) is 0 Å². The van der Waals surface area contributed by atoms with Crippen LogP contribution in [0.25, 0.3) is 10.9 Å². The lowest BCUT2D eigenvalue weighted by molar-refractivity contribution is 0.268. The number of nitrogens with one attached hydrogen (secondary N) is 1. The number of aliphatic hydroxyl groups excluding tert-OH is 1. The van der Waals surface area contributed by atoms with Crippen molar-refractivity contribution in [3.63, 3.8) is 0 Å². The Morgan fingerprint density at radius 2 is 2.33 bits per heavy atom. The predicted molar refractivity (Wildman–Crippen MR) is 58.9 cm³/mol. The lowest BCUT2D eigenvalue weighted by Crippen LogP contribution is -2.13. The average Bonchev–Trinajstić information content (AvgIpc) is 2.70. The van der Waals surface area contributed by atoms with Gasteiger partial charge in [0.25, 0.3) is 0 Å². The van der Waals surface area contributed by atoms with Gasteiger partial charge in [-0.05, 0) is 17.7 Å². The minimum absolute atomic E-state index is 0.0566. The van der Waals surface area contributed by atoms with Crippen molar-refractivity contribution in [1.82, 2.24) is 4.98 Å². The summed E-state index contributed by atoms with van der Waals surface area (Å²) in [6, 6.07) is 5.38. The fourth-order valence-electron chi connectivity index (χ4n) is 1.66. The quantitative estimate of drug-likeness (QED) is 0.706. The second-order valence-corrected chi connectivity index (χ2v) is 3.44. The molecule has 0 spiro atoms. The van der Waals surface area contributed by atoms with E-state index < -0.39 is 0 Å². The highest BCUT2D eigenvalue weighted by Crippen LogP contribution is 2.26. The van der Waals surface area contributed by atoms with Crippen LogP contribution in [0.3, 0.4) is 0 Å². The molecule has 0 saturated carbocycles. The lowest BCUT2D eigenvalue weighted by Gasteiger charge is -2.06. The summed E-state index contributed by atoms with van der Waals surface area (Å²) in [5.41, 5.74) is 7.67. The van der Waals surface area contributed by atoms with Crippen LogP contribution in [0, 0.1) is 0 Å². The molecule has 1 heterocycles. The fraction of sp³-hybridized carbons (Fsp3) is 0.273. The molecule has 0 fully saturated rings. The summed E-state index contributed by atoms with van der Waals surface area (Å²) >= 11 is 0. The topological polar surface area (TPSA) is 71.3 Å². The van der Waals surface area contributed by atoms with Crippen molar-refractivity contribution in [2.24, 2.45) is 5.73 Å². The normalized spacial score (nSPS) is 13.0. The molecule has 80 valence electrons. The number of ether oxygens (including phenoxy) is 1. The van der Waals surface area contributed by atoms with E-state index in [1.807, 2.05) is 24.4 Å². The molecular weight excluding hydrogens is 192 g/mol. The monoisotopic (exact) mass is 206 g/mol. The van der Waals surface area contributed by atoms with Gasteiger partial charge in [-0.3, -0.25) is 0 Å². The molecule has 4 heteroatoms. The Morgan fingerprint density at radius 1 is 1.53 bits per heavy atom. The van der Waals surface area contributed by atoms with Crippen molar-refractivity contribution in [1.29, 1.82) is 0 Å². The van der Waals surface area contributed by atoms with Crippen molar-refractivity contribution in [2.75, 3.05) is 13.7 Å². The molecule has 1 aromatic carbocycles. The molecule has 15 heavy (non-hydrogen) atoms. The maximum Gasteiger partial charge on any atom is 0.120 e. The number of aromatic amines is 1. The van der Waals surface area contributed by atoms with Crippen molar-refractivity contribution in [2.45, 2.75) is 6.04 Å². The third kappa shape index (κ3) is 1.69. The Hall–Kier alpha value is -1.52. The Labute approximate surface area is 87.7 Å². The summed E-state index contributed by atoms with van der Waals surface area (Å²) in [6.45, 7) is -0.0566. The van der Waals surface area contributed by atoms with Crippen molar-refractivity contribution >= 4 is 10.9 Å². The molecule has 0 aliphatic heterocycles. The molecule has 2 aromatic rings. The van der Waals surface area contributed by atoms with Gasteiger partial charge < -0.3 is 20.6 Å². The molecule has 4 N–H and O–H groups in total. The maximum absolute atomic E-state index is 9.00. The number of aromatic nitrogens is 1. The third-order valence-electron chi connectivity index (χ3n) is 2.52. The number of hydrogen-bond donors (Lipinski definition) is 3. The zero-order chi connectivity index (χ0) is 10.8. The predicted octanol–water partition coefficient (Wildman–Crippen LogP) is 1.17. The maximum atomic E-state index is 9.00. The van der Waals surface area contributed by atoms with E-state index in [1.165, 1.54) is 0 Å². The largest absolute Gasteiger partial charge is 0.497 e. The van der Waals surface area contributed by atoms with E-state index in [2.05, 4.69) is 4.98 Å². The zero-order valence-corrected chi connectivity index (χ0v) is 8.53. The molecule has 0 unspecified atom stereocenters. The van der Waals surface area contributed by atoms with Gasteiger partial charge in [-0.1, -0.05) is 0 Å². The van der Waals surface area contributed by atoms with Gasteiger partial charge in [0, 0.05) is 23.2 Å². The molecule has 0 aliphatic carbocycles. The summed E-state index contributed by atoms with van der Waals surface area (Å²) in [5, 5.41) is 10.0. The summed E-state index contributed by atoms with van der Waals surface area (Å²) in [5.74, 6) is 0.800. The summed E-state index contributed by atoms with van der Waals surface area (Å²) in [7, 11) is 1.63. The number of methoxy groups -OCH3 is 1. The first-order chi connectivity index (χ1) is 7.26. The Bertz CT molecular complexity index is 465. The molecular formula is C11H14N2O2. The van der Waals surface area contributed by atoms with E-state index in [-0.39, 0.29) is 12.6 Å². The van der Waals surface area contributed by atoms with Crippen LogP contribution in [0.5, 0.6) is 5.75 Å². The molecule has 1 aromatic heterocycles. The minimum Gasteiger partial charge on any atom is -0.497 e. The van der Waals surface area contributed by atoms with Gasteiger partial charge in [0.1, 0.15) is 5.75 Å². The summed E-state index contributed by atoms with van der Waals surface area (Å²) in [4.78, 5) is 3.11. The molecule has 1 atom stereocenters. The zero-order valence-electron chi connectivity index (χ0n) is 8.53. The smallest absolute Gasteiger partial charge is 0.120 e. The molecule has 0 radical (unpaired) electrons. The lowest BCUT2D eigenvalue weighted by atomic mass is 10.1. The van der Waals surface area contributed by atoms with E-state index in [9.17, 15) is 0 Å². The molecule has 0 bridgehead atoms. The van der Waals surface area contributed by atoms with Crippen molar-refractivity contribution < 1.29 is 9.84 Å². The van der Waals surface area contributed by atoms with Crippen molar-refractivity contribution in [3.8, 4) is 5.75 Å². The van der Waals surface area contributed by atoms with Crippen LogP contribution in [0.15, 0.2) is 24.4 Å².